The maximum atomic E-state index is 11.8. The minimum atomic E-state index is -0.0111. The molecule has 0 bridgehead atoms. The van der Waals surface area contributed by atoms with E-state index in [2.05, 4.69) is 42.6 Å². The molecule has 1 aliphatic rings. The van der Waals surface area contributed by atoms with Crippen LogP contribution in [-0.2, 0) is 11.2 Å². The fourth-order valence-electron chi connectivity index (χ4n) is 2.54. The zero-order valence-electron chi connectivity index (χ0n) is 10.3. The smallest absolute Gasteiger partial charge is 0.225 e. The molecule has 0 aliphatic carbocycles. The molecule has 0 saturated carbocycles. The van der Waals surface area contributed by atoms with Gasteiger partial charge in [0.2, 0.25) is 5.91 Å². The van der Waals surface area contributed by atoms with Crippen LogP contribution >= 0.6 is 0 Å². The van der Waals surface area contributed by atoms with Gasteiger partial charge in [0.1, 0.15) is 0 Å². The number of amides is 1. The van der Waals surface area contributed by atoms with E-state index >= 15 is 0 Å². The minimum Gasteiger partial charge on any atom is -0.345 e. The first-order valence-electron chi connectivity index (χ1n) is 6.18. The van der Waals surface area contributed by atoms with Crippen molar-refractivity contribution < 1.29 is 4.79 Å². The summed E-state index contributed by atoms with van der Waals surface area (Å²) in [5, 5.41) is 3.07. The summed E-state index contributed by atoms with van der Waals surface area (Å²) in [6.45, 7) is 2.06. The molecule has 0 aromatic heterocycles. The number of fused-ring (bicyclic) bond motifs is 1. The van der Waals surface area contributed by atoms with E-state index in [1.807, 2.05) is 18.2 Å². The Kier molecular flexibility index (Phi) is 2.63. The van der Waals surface area contributed by atoms with Crippen molar-refractivity contribution in [3.05, 3.63) is 70.8 Å². The van der Waals surface area contributed by atoms with Gasteiger partial charge in [0.05, 0.1) is 12.5 Å². The van der Waals surface area contributed by atoms with Gasteiger partial charge in [-0.3, -0.25) is 4.79 Å². The summed E-state index contributed by atoms with van der Waals surface area (Å²) in [6.07, 6.45) is 0.486. The molecule has 2 aromatic rings. The van der Waals surface area contributed by atoms with Crippen LogP contribution in [0.1, 0.15) is 28.3 Å². The van der Waals surface area contributed by atoms with Crippen molar-refractivity contribution in [3.8, 4) is 0 Å². The van der Waals surface area contributed by atoms with E-state index in [0.29, 0.717) is 6.42 Å². The van der Waals surface area contributed by atoms with Gasteiger partial charge in [-0.1, -0.05) is 54.1 Å². The zero-order valence-corrected chi connectivity index (χ0v) is 10.3. The van der Waals surface area contributed by atoms with Crippen molar-refractivity contribution in [2.45, 2.75) is 19.4 Å². The Hall–Kier alpha value is -2.09. The largest absolute Gasteiger partial charge is 0.345 e. The van der Waals surface area contributed by atoms with E-state index in [1.54, 1.807) is 0 Å². The number of aryl methyl sites for hydroxylation is 1. The van der Waals surface area contributed by atoms with Crippen LogP contribution in [-0.4, -0.2) is 5.91 Å². The van der Waals surface area contributed by atoms with Crippen LogP contribution in [0.25, 0.3) is 0 Å². The van der Waals surface area contributed by atoms with Crippen molar-refractivity contribution in [3.63, 3.8) is 0 Å². The summed E-state index contributed by atoms with van der Waals surface area (Å²) in [4.78, 5) is 11.8. The Labute approximate surface area is 107 Å². The molecule has 0 radical (unpaired) electrons. The molecular weight excluding hydrogens is 222 g/mol. The maximum Gasteiger partial charge on any atom is 0.225 e. The second kappa shape index (κ2) is 4.30. The Morgan fingerprint density at radius 1 is 1.11 bits per heavy atom. The first-order valence-corrected chi connectivity index (χ1v) is 6.18. The Morgan fingerprint density at radius 2 is 1.89 bits per heavy atom. The molecule has 2 heteroatoms. The third-order valence-electron chi connectivity index (χ3n) is 3.40. The molecule has 0 fully saturated rings. The van der Waals surface area contributed by atoms with E-state index in [0.717, 1.165) is 11.1 Å². The van der Waals surface area contributed by atoms with Crippen LogP contribution in [0, 0.1) is 6.92 Å². The summed E-state index contributed by atoms with van der Waals surface area (Å²) in [5.41, 5.74) is 4.70. The Bertz CT molecular complexity index is 589. The molecule has 1 heterocycles. The first kappa shape index (κ1) is 11.0. The average molecular weight is 237 g/mol. The number of hydrogen-bond acceptors (Lipinski definition) is 1. The van der Waals surface area contributed by atoms with E-state index in [1.165, 1.54) is 11.1 Å². The lowest BCUT2D eigenvalue weighted by atomic mass is 9.88. The van der Waals surface area contributed by atoms with Crippen molar-refractivity contribution in [1.82, 2.24) is 5.32 Å². The van der Waals surface area contributed by atoms with Crippen LogP contribution in [0.2, 0.25) is 0 Å². The van der Waals surface area contributed by atoms with Crippen molar-refractivity contribution in [1.29, 1.82) is 0 Å². The standard InChI is InChI=1S/C16H15NO/c1-11-7-8-14-13(9-11)10-15(18)17-16(14)12-5-3-2-4-6-12/h2-9,16H,10H2,1H3,(H,17,18). The molecule has 1 unspecified atom stereocenters. The van der Waals surface area contributed by atoms with Gasteiger partial charge in [-0.05, 0) is 23.6 Å². The van der Waals surface area contributed by atoms with Crippen LogP contribution in [0.5, 0.6) is 0 Å². The molecule has 0 spiro atoms. The molecule has 1 N–H and O–H groups in total. The molecule has 18 heavy (non-hydrogen) atoms. The van der Waals surface area contributed by atoms with Gasteiger partial charge < -0.3 is 5.32 Å². The van der Waals surface area contributed by atoms with Gasteiger partial charge in [-0.25, -0.2) is 0 Å². The van der Waals surface area contributed by atoms with Crippen molar-refractivity contribution in [2.75, 3.05) is 0 Å². The fraction of sp³-hybridized carbons (Fsp3) is 0.188. The van der Waals surface area contributed by atoms with E-state index in [-0.39, 0.29) is 11.9 Å². The number of hydrogen-bond donors (Lipinski definition) is 1. The average Bonchev–Trinajstić information content (AvgIpc) is 2.38. The number of rotatable bonds is 1. The monoisotopic (exact) mass is 237 g/mol. The summed E-state index contributed by atoms with van der Waals surface area (Å²) in [6, 6.07) is 16.4. The third-order valence-corrected chi connectivity index (χ3v) is 3.40. The molecule has 2 nitrogen and oxygen atoms in total. The van der Waals surface area contributed by atoms with Crippen molar-refractivity contribution >= 4 is 5.91 Å². The van der Waals surface area contributed by atoms with Crippen LogP contribution in [0.4, 0.5) is 0 Å². The van der Waals surface area contributed by atoms with Gasteiger partial charge in [-0.2, -0.15) is 0 Å². The summed E-state index contributed by atoms with van der Waals surface area (Å²) in [5.74, 6) is 0.0990. The molecule has 1 aliphatic heterocycles. The minimum absolute atomic E-state index is 0.0111. The van der Waals surface area contributed by atoms with E-state index < -0.39 is 0 Å². The normalized spacial score (nSPS) is 18.1. The lowest BCUT2D eigenvalue weighted by Gasteiger charge is -2.27. The van der Waals surface area contributed by atoms with Gasteiger partial charge in [0.25, 0.3) is 0 Å². The predicted molar refractivity (Wildman–Crippen MR) is 71.3 cm³/mol. The number of carbonyl (C=O) groups excluding carboxylic acids is 1. The van der Waals surface area contributed by atoms with E-state index in [4.69, 9.17) is 0 Å². The Morgan fingerprint density at radius 3 is 2.67 bits per heavy atom. The second-order valence-electron chi connectivity index (χ2n) is 4.79. The van der Waals surface area contributed by atoms with Crippen LogP contribution in [0.15, 0.2) is 48.5 Å². The number of carbonyl (C=O) groups is 1. The van der Waals surface area contributed by atoms with Gasteiger partial charge >= 0.3 is 0 Å². The van der Waals surface area contributed by atoms with Gasteiger partial charge in [0, 0.05) is 0 Å². The van der Waals surface area contributed by atoms with E-state index in [9.17, 15) is 4.79 Å². The molecule has 1 atom stereocenters. The molecule has 90 valence electrons. The summed E-state index contributed by atoms with van der Waals surface area (Å²) in [7, 11) is 0. The topological polar surface area (TPSA) is 29.1 Å². The second-order valence-corrected chi connectivity index (χ2v) is 4.79. The number of nitrogens with one attached hydrogen (secondary N) is 1. The first-order chi connectivity index (χ1) is 8.74. The number of benzene rings is 2. The fourth-order valence-corrected chi connectivity index (χ4v) is 2.54. The SMILES string of the molecule is Cc1ccc2c(c1)CC(=O)NC2c1ccccc1. The van der Waals surface area contributed by atoms with Crippen LogP contribution in [0.3, 0.4) is 0 Å². The molecule has 0 saturated heterocycles. The maximum absolute atomic E-state index is 11.8. The Balaban J connectivity index is 2.10. The highest BCUT2D eigenvalue weighted by atomic mass is 16.1. The summed E-state index contributed by atoms with van der Waals surface area (Å²) < 4.78 is 0. The third kappa shape index (κ3) is 1.90. The van der Waals surface area contributed by atoms with Gasteiger partial charge in [0.15, 0.2) is 0 Å². The highest BCUT2D eigenvalue weighted by molar-refractivity contribution is 5.82. The molecule has 2 aromatic carbocycles. The summed E-state index contributed by atoms with van der Waals surface area (Å²) >= 11 is 0. The predicted octanol–water partition coefficient (Wildman–Crippen LogP) is 2.76. The van der Waals surface area contributed by atoms with Crippen molar-refractivity contribution in [2.24, 2.45) is 0 Å². The highest BCUT2D eigenvalue weighted by Crippen LogP contribution is 2.29. The quantitative estimate of drug-likeness (QED) is 0.811. The molecule has 1 amide bonds. The molecule has 3 rings (SSSR count). The highest BCUT2D eigenvalue weighted by Gasteiger charge is 2.25. The van der Waals surface area contributed by atoms with Gasteiger partial charge in [-0.15, -0.1) is 0 Å². The lowest BCUT2D eigenvalue weighted by Crippen LogP contribution is -2.35. The van der Waals surface area contributed by atoms with Crippen LogP contribution < -0.4 is 5.32 Å². The lowest BCUT2D eigenvalue weighted by molar-refractivity contribution is -0.121. The zero-order chi connectivity index (χ0) is 12.5. The molecular formula is C16H15NO.